The average molecular weight is 302 g/mol. The Hall–Kier alpha value is -1.42. The van der Waals surface area contributed by atoms with Crippen LogP contribution in [0.5, 0.6) is 0 Å². The third-order valence-corrected chi connectivity index (χ3v) is 4.48. The van der Waals surface area contributed by atoms with E-state index >= 15 is 0 Å². The van der Waals surface area contributed by atoms with Gasteiger partial charge in [-0.15, -0.1) is 6.58 Å². The molecule has 1 aliphatic rings. The molecule has 3 heteroatoms. The number of allylic oxidation sites excluding steroid dienone is 1. The minimum absolute atomic E-state index is 0.00919. The van der Waals surface area contributed by atoms with Crippen LogP contribution in [-0.2, 0) is 6.42 Å². The summed E-state index contributed by atoms with van der Waals surface area (Å²) in [6.07, 6.45) is 6.36. The summed E-state index contributed by atoms with van der Waals surface area (Å²) in [5, 5.41) is 30.1. The second-order valence-electron chi connectivity index (χ2n) is 6.11. The summed E-state index contributed by atoms with van der Waals surface area (Å²) in [4.78, 5) is 0. The molecule has 22 heavy (non-hydrogen) atoms. The van der Waals surface area contributed by atoms with Crippen molar-refractivity contribution in [1.82, 2.24) is 0 Å². The molecule has 3 N–H and O–H groups in total. The number of benzene rings is 1. The van der Waals surface area contributed by atoms with Crippen molar-refractivity contribution in [2.75, 3.05) is 0 Å². The van der Waals surface area contributed by atoms with Crippen molar-refractivity contribution in [2.24, 2.45) is 11.8 Å². The number of hydrogen-bond donors (Lipinski definition) is 3. The summed E-state index contributed by atoms with van der Waals surface area (Å²) < 4.78 is 0. The molecule has 2 rings (SSSR count). The SMILES string of the molecule is C=CC[C@@H]1C(/C=C/[C@@H](O)CCc2ccccc2)[C@H](O)C[C@@H]1O. The lowest BCUT2D eigenvalue weighted by Gasteiger charge is -2.19. The Morgan fingerprint density at radius 2 is 1.91 bits per heavy atom. The summed E-state index contributed by atoms with van der Waals surface area (Å²) in [5.74, 6) is -0.121. The number of hydrogen-bond acceptors (Lipinski definition) is 3. The van der Waals surface area contributed by atoms with Crippen LogP contribution in [0.3, 0.4) is 0 Å². The monoisotopic (exact) mass is 302 g/mol. The van der Waals surface area contributed by atoms with E-state index < -0.39 is 18.3 Å². The minimum Gasteiger partial charge on any atom is -0.393 e. The second kappa shape index (κ2) is 8.28. The molecule has 0 spiro atoms. The van der Waals surface area contributed by atoms with E-state index in [2.05, 4.69) is 6.58 Å². The third kappa shape index (κ3) is 4.54. The Labute approximate surface area is 132 Å². The number of aliphatic hydroxyl groups is 3. The molecule has 3 nitrogen and oxygen atoms in total. The van der Waals surface area contributed by atoms with Gasteiger partial charge in [0.2, 0.25) is 0 Å². The quantitative estimate of drug-likeness (QED) is 0.678. The highest BCUT2D eigenvalue weighted by Gasteiger charge is 2.39. The zero-order valence-electron chi connectivity index (χ0n) is 12.9. The van der Waals surface area contributed by atoms with Crippen molar-refractivity contribution < 1.29 is 15.3 Å². The first-order chi connectivity index (χ1) is 10.6. The van der Waals surface area contributed by atoms with E-state index in [9.17, 15) is 15.3 Å². The highest BCUT2D eigenvalue weighted by molar-refractivity contribution is 5.15. The van der Waals surface area contributed by atoms with Crippen LogP contribution in [0, 0.1) is 11.8 Å². The summed E-state index contributed by atoms with van der Waals surface area (Å²) in [7, 11) is 0. The highest BCUT2D eigenvalue weighted by Crippen LogP contribution is 2.36. The summed E-state index contributed by atoms with van der Waals surface area (Å²) in [5.41, 5.74) is 1.20. The lowest BCUT2D eigenvalue weighted by molar-refractivity contribution is 0.120. The predicted octanol–water partition coefficient (Wildman–Crippen LogP) is 2.47. The maximum atomic E-state index is 10.1. The van der Waals surface area contributed by atoms with Crippen molar-refractivity contribution in [2.45, 2.75) is 44.0 Å². The third-order valence-electron chi connectivity index (χ3n) is 4.48. The van der Waals surface area contributed by atoms with Crippen molar-refractivity contribution >= 4 is 0 Å². The van der Waals surface area contributed by atoms with Crippen LogP contribution in [0.1, 0.15) is 24.8 Å². The molecule has 0 bridgehead atoms. The van der Waals surface area contributed by atoms with E-state index in [1.165, 1.54) is 5.56 Å². The Morgan fingerprint density at radius 3 is 2.59 bits per heavy atom. The van der Waals surface area contributed by atoms with Crippen LogP contribution >= 0.6 is 0 Å². The number of rotatable bonds is 7. The highest BCUT2D eigenvalue weighted by atomic mass is 16.3. The molecule has 0 heterocycles. The van der Waals surface area contributed by atoms with E-state index in [4.69, 9.17) is 0 Å². The number of aliphatic hydroxyl groups excluding tert-OH is 3. The second-order valence-corrected chi connectivity index (χ2v) is 6.11. The summed E-state index contributed by atoms with van der Waals surface area (Å²) in [6.45, 7) is 3.71. The Morgan fingerprint density at radius 1 is 1.18 bits per heavy atom. The van der Waals surface area contributed by atoms with Gasteiger partial charge in [0.15, 0.2) is 0 Å². The zero-order chi connectivity index (χ0) is 15.9. The first-order valence-corrected chi connectivity index (χ1v) is 7.99. The van der Waals surface area contributed by atoms with E-state index in [0.717, 1.165) is 6.42 Å². The Kier molecular flexibility index (Phi) is 6.37. The molecule has 1 aliphatic carbocycles. The van der Waals surface area contributed by atoms with Crippen LogP contribution in [0.25, 0.3) is 0 Å². The Balaban J connectivity index is 1.87. The lowest BCUT2D eigenvalue weighted by Crippen LogP contribution is -2.20. The van der Waals surface area contributed by atoms with Crippen LogP contribution in [0.4, 0.5) is 0 Å². The fourth-order valence-electron chi connectivity index (χ4n) is 3.21. The van der Waals surface area contributed by atoms with Crippen LogP contribution in [0.15, 0.2) is 55.1 Å². The fourth-order valence-corrected chi connectivity index (χ4v) is 3.21. The van der Waals surface area contributed by atoms with E-state index in [-0.39, 0.29) is 11.8 Å². The molecule has 0 aliphatic heterocycles. The molecule has 1 aromatic carbocycles. The van der Waals surface area contributed by atoms with E-state index in [1.54, 1.807) is 12.2 Å². The number of aryl methyl sites for hydroxylation is 1. The van der Waals surface area contributed by atoms with Crippen LogP contribution in [-0.4, -0.2) is 33.6 Å². The maximum absolute atomic E-state index is 10.1. The van der Waals surface area contributed by atoms with Crippen LogP contribution in [0.2, 0.25) is 0 Å². The van der Waals surface area contributed by atoms with Gasteiger partial charge in [-0.25, -0.2) is 0 Å². The lowest BCUT2D eigenvalue weighted by atomic mass is 9.90. The van der Waals surface area contributed by atoms with E-state index in [1.807, 2.05) is 36.4 Å². The van der Waals surface area contributed by atoms with E-state index in [0.29, 0.717) is 19.3 Å². The van der Waals surface area contributed by atoms with Gasteiger partial charge < -0.3 is 15.3 Å². The van der Waals surface area contributed by atoms with Gasteiger partial charge in [0.25, 0.3) is 0 Å². The standard InChI is InChI=1S/C19H26O3/c1-2-6-16-17(19(22)13-18(16)21)12-11-15(20)10-9-14-7-4-3-5-8-14/h2-5,7-8,11-12,15-22H,1,6,9-10,13H2/b12-11+/t15-,16+,17?,18-,19+/m0/s1. The summed E-state index contributed by atoms with van der Waals surface area (Å²) in [6, 6.07) is 10.1. The van der Waals surface area contributed by atoms with Crippen molar-refractivity contribution in [1.29, 1.82) is 0 Å². The first-order valence-electron chi connectivity index (χ1n) is 7.99. The average Bonchev–Trinajstić information content (AvgIpc) is 2.78. The largest absolute Gasteiger partial charge is 0.393 e. The zero-order valence-corrected chi connectivity index (χ0v) is 12.9. The topological polar surface area (TPSA) is 60.7 Å². The predicted molar refractivity (Wildman–Crippen MR) is 88.3 cm³/mol. The molecule has 0 aromatic heterocycles. The molecule has 0 amide bonds. The van der Waals surface area contributed by atoms with Gasteiger partial charge in [0, 0.05) is 12.3 Å². The maximum Gasteiger partial charge on any atom is 0.0724 e. The molecule has 1 aromatic rings. The van der Waals surface area contributed by atoms with Gasteiger partial charge in [-0.05, 0) is 30.7 Å². The van der Waals surface area contributed by atoms with Gasteiger partial charge in [-0.3, -0.25) is 0 Å². The molecule has 5 atom stereocenters. The van der Waals surface area contributed by atoms with Gasteiger partial charge >= 0.3 is 0 Å². The van der Waals surface area contributed by atoms with Crippen LogP contribution < -0.4 is 0 Å². The summed E-state index contributed by atoms with van der Waals surface area (Å²) >= 11 is 0. The molecule has 0 saturated heterocycles. The van der Waals surface area contributed by atoms with Gasteiger partial charge in [-0.1, -0.05) is 48.6 Å². The normalized spacial score (nSPS) is 29.8. The molecule has 1 fully saturated rings. The van der Waals surface area contributed by atoms with Crippen molar-refractivity contribution in [3.05, 3.63) is 60.7 Å². The van der Waals surface area contributed by atoms with Gasteiger partial charge in [0.05, 0.1) is 18.3 Å². The molecule has 1 saturated carbocycles. The van der Waals surface area contributed by atoms with Crippen molar-refractivity contribution in [3.8, 4) is 0 Å². The van der Waals surface area contributed by atoms with Crippen molar-refractivity contribution in [3.63, 3.8) is 0 Å². The molecular weight excluding hydrogens is 276 g/mol. The Bertz CT molecular complexity index is 483. The molecular formula is C19H26O3. The van der Waals surface area contributed by atoms with Gasteiger partial charge in [0.1, 0.15) is 0 Å². The smallest absolute Gasteiger partial charge is 0.0724 e. The molecule has 0 radical (unpaired) electrons. The molecule has 120 valence electrons. The van der Waals surface area contributed by atoms with Gasteiger partial charge in [-0.2, -0.15) is 0 Å². The molecule has 1 unspecified atom stereocenters. The first kappa shape index (κ1) is 16.9. The fraction of sp³-hybridized carbons (Fsp3) is 0.474. The minimum atomic E-state index is -0.544.